The monoisotopic (exact) mass is 284 g/mol. The third-order valence-electron chi connectivity index (χ3n) is 2.68. The van der Waals surface area contributed by atoms with Crippen LogP contribution in [0.4, 0.5) is 0 Å². The molecule has 0 aliphatic rings. The zero-order valence-electron chi connectivity index (χ0n) is 11.0. The van der Waals surface area contributed by atoms with Crippen LogP contribution in [-0.4, -0.2) is 17.0 Å². The van der Waals surface area contributed by atoms with Gasteiger partial charge in [0.05, 0.1) is 0 Å². The molecule has 5 heteroatoms. The van der Waals surface area contributed by atoms with Crippen LogP contribution in [0.15, 0.2) is 55.6 Å². The topological polar surface area (TPSA) is 72.8 Å². The molecule has 2 rings (SSSR count). The number of phenols is 1. The highest BCUT2D eigenvalue weighted by Gasteiger charge is 2.16. The number of phenolic OH excluding ortho intramolecular Hbond substituents is 1. The molecule has 0 aliphatic carbocycles. The minimum absolute atomic E-state index is 0.0195. The molecule has 0 atom stereocenters. The fourth-order valence-electron chi connectivity index (χ4n) is 1.79. The molecule has 5 nitrogen and oxygen atoms in total. The highest BCUT2D eigenvalue weighted by molar-refractivity contribution is 5.99. The summed E-state index contributed by atoms with van der Waals surface area (Å²) in [6, 6.07) is 7.93. The Morgan fingerprint density at radius 3 is 2.19 bits per heavy atom. The molecule has 1 N–H and O–H groups in total. The maximum absolute atomic E-state index is 11.3. The highest BCUT2D eigenvalue weighted by atomic mass is 16.5. The Morgan fingerprint density at radius 2 is 1.57 bits per heavy atom. The van der Waals surface area contributed by atoms with Crippen LogP contribution in [0.25, 0.3) is 10.8 Å². The number of carbonyl (C=O) groups excluding carboxylic acids is 2. The molecule has 0 saturated heterocycles. The van der Waals surface area contributed by atoms with Crippen LogP contribution in [0.1, 0.15) is 0 Å². The van der Waals surface area contributed by atoms with E-state index in [0.717, 1.165) is 12.2 Å². The number of esters is 2. The summed E-state index contributed by atoms with van der Waals surface area (Å²) >= 11 is 0. The molecule has 0 saturated carbocycles. The van der Waals surface area contributed by atoms with Gasteiger partial charge in [0.25, 0.3) is 0 Å². The lowest BCUT2D eigenvalue weighted by Crippen LogP contribution is -2.06. The van der Waals surface area contributed by atoms with Crippen LogP contribution in [0, 0.1) is 0 Å². The van der Waals surface area contributed by atoms with E-state index in [1.165, 1.54) is 6.07 Å². The van der Waals surface area contributed by atoms with Gasteiger partial charge in [0.15, 0.2) is 11.5 Å². The Kier molecular flexibility index (Phi) is 4.04. The van der Waals surface area contributed by atoms with Gasteiger partial charge in [-0.3, -0.25) is 0 Å². The first kappa shape index (κ1) is 14.3. The van der Waals surface area contributed by atoms with Gasteiger partial charge in [0.2, 0.25) is 0 Å². The lowest BCUT2D eigenvalue weighted by Gasteiger charge is -2.12. The van der Waals surface area contributed by atoms with Crippen molar-refractivity contribution in [3.63, 3.8) is 0 Å². The summed E-state index contributed by atoms with van der Waals surface area (Å²) < 4.78 is 10.1. The minimum atomic E-state index is -0.703. The number of benzene rings is 2. The van der Waals surface area contributed by atoms with Gasteiger partial charge in [-0.15, -0.1) is 0 Å². The number of carbonyl (C=O) groups is 2. The first-order valence-corrected chi connectivity index (χ1v) is 6.00. The molecular weight excluding hydrogens is 272 g/mol. The average molecular weight is 284 g/mol. The Labute approximate surface area is 120 Å². The second-order valence-corrected chi connectivity index (χ2v) is 4.02. The van der Waals surface area contributed by atoms with Gasteiger partial charge in [-0.2, -0.15) is 0 Å². The summed E-state index contributed by atoms with van der Waals surface area (Å²) in [6.07, 6.45) is 2.00. The molecule has 0 unspecified atom stereocenters. The van der Waals surface area contributed by atoms with E-state index >= 15 is 0 Å². The lowest BCUT2D eigenvalue weighted by molar-refractivity contribution is -0.130. The Balaban J connectivity index is 2.62. The van der Waals surface area contributed by atoms with Gasteiger partial charge in [-0.25, -0.2) is 9.59 Å². The number of hydrogen-bond acceptors (Lipinski definition) is 5. The van der Waals surface area contributed by atoms with E-state index < -0.39 is 11.9 Å². The van der Waals surface area contributed by atoms with Gasteiger partial charge in [-0.05, 0) is 0 Å². The van der Waals surface area contributed by atoms with Crippen LogP contribution >= 0.6 is 0 Å². The summed E-state index contributed by atoms with van der Waals surface area (Å²) in [6.45, 7) is 6.61. The lowest BCUT2D eigenvalue weighted by atomic mass is 10.1. The van der Waals surface area contributed by atoms with Crippen LogP contribution in [0.3, 0.4) is 0 Å². The molecule has 0 aliphatic heterocycles. The van der Waals surface area contributed by atoms with Crippen molar-refractivity contribution in [1.29, 1.82) is 0 Å². The molecule has 2 aromatic rings. The fraction of sp³-hybridized carbons (Fsp3) is 0. The third-order valence-corrected chi connectivity index (χ3v) is 2.68. The number of ether oxygens (including phenoxy) is 2. The van der Waals surface area contributed by atoms with Crippen molar-refractivity contribution >= 4 is 22.7 Å². The summed E-state index contributed by atoms with van der Waals surface area (Å²) in [7, 11) is 0. The van der Waals surface area contributed by atoms with E-state index in [2.05, 4.69) is 13.2 Å². The van der Waals surface area contributed by atoms with Crippen molar-refractivity contribution in [1.82, 2.24) is 0 Å². The van der Waals surface area contributed by atoms with Gasteiger partial charge >= 0.3 is 11.9 Å². The largest absolute Gasteiger partial charge is 0.504 e. The van der Waals surface area contributed by atoms with Crippen molar-refractivity contribution in [2.75, 3.05) is 0 Å². The molecule has 106 valence electrons. The molecule has 2 aromatic carbocycles. The van der Waals surface area contributed by atoms with Crippen LogP contribution in [0.2, 0.25) is 0 Å². The first-order chi connectivity index (χ1) is 10.1. The van der Waals surface area contributed by atoms with E-state index in [-0.39, 0.29) is 17.2 Å². The highest BCUT2D eigenvalue weighted by Crippen LogP contribution is 2.41. The maximum atomic E-state index is 11.3. The van der Waals surface area contributed by atoms with Gasteiger partial charge in [-0.1, -0.05) is 37.4 Å². The Hall–Kier alpha value is -3.08. The molecule has 21 heavy (non-hydrogen) atoms. The fourth-order valence-corrected chi connectivity index (χ4v) is 1.79. The minimum Gasteiger partial charge on any atom is -0.504 e. The SMILES string of the molecule is C=CC(=O)Oc1cc(O)c(OC(=O)C=C)c2ccccc12. The van der Waals surface area contributed by atoms with Crippen molar-refractivity contribution in [2.45, 2.75) is 0 Å². The predicted octanol–water partition coefficient (Wildman–Crippen LogP) is 2.73. The van der Waals surface area contributed by atoms with Crippen LogP contribution in [0.5, 0.6) is 17.2 Å². The van der Waals surface area contributed by atoms with E-state index in [4.69, 9.17) is 9.47 Å². The molecule has 0 bridgehead atoms. The van der Waals surface area contributed by atoms with Crippen LogP contribution in [-0.2, 0) is 9.59 Å². The van der Waals surface area contributed by atoms with Crippen molar-refractivity contribution < 1.29 is 24.2 Å². The summed E-state index contributed by atoms with van der Waals surface area (Å²) in [5, 5.41) is 10.9. The zero-order valence-corrected chi connectivity index (χ0v) is 11.0. The molecule has 0 fully saturated rings. The van der Waals surface area contributed by atoms with Crippen LogP contribution < -0.4 is 9.47 Å². The molecule has 0 spiro atoms. The number of hydrogen-bond donors (Lipinski definition) is 1. The predicted molar refractivity (Wildman–Crippen MR) is 77.3 cm³/mol. The summed E-state index contributed by atoms with van der Waals surface area (Å²) in [5.41, 5.74) is 0. The van der Waals surface area contributed by atoms with Gasteiger partial charge < -0.3 is 14.6 Å². The second kappa shape index (κ2) is 5.92. The molecular formula is C16H12O5. The Morgan fingerprint density at radius 1 is 1.00 bits per heavy atom. The van der Waals surface area contributed by atoms with Gasteiger partial charge in [0.1, 0.15) is 5.75 Å². The first-order valence-electron chi connectivity index (χ1n) is 6.00. The number of fused-ring (bicyclic) bond motifs is 1. The molecule has 0 heterocycles. The smallest absolute Gasteiger partial charge is 0.335 e. The van der Waals surface area contributed by atoms with E-state index in [1.807, 2.05) is 0 Å². The van der Waals surface area contributed by atoms with Crippen molar-refractivity contribution in [3.05, 3.63) is 55.6 Å². The normalized spacial score (nSPS) is 9.90. The quantitative estimate of drug-likeness (QED) is 0.531. The molecule has 0 amide bonds. The van der Waals surface area contributed by atoms with E-state index in [0.29, 0.717) is 10.8 Å². The Bertz CT molecular complexity index is 746. The third kappa shape index (κ3) is 2.92. The molecule has 0 aromatic heterocycles. The van der Waals surface area contributed by atoms with Gasteiger partial charge in [0, 0.05) is 29.0 Å². The van der Waals surface area contributed by atoms with E-state index in [9.17, 15) is 14.7 Å². The van der Waals surface area contributed by atoms with E-state index in [1.54, 1.807) is 24.3 Å². The zero-order chi connectivity index (χ0) is 15.4. The average Bonchev–Trinajstić information content (AvgIpc) is 2.50. The standard InChI is InChI=1S/C16H12O5/c1-3-14(18)20-13-9-12(17)16(21-15(19)4-2)11-8-6-5-7-10(11)13/h3-9,17H,1-2H2. The van der Waals surface area contributed by atoms with Crippen molar-refractivity contribution in [3.8, 4) is 17.2 Å². The number of aromatic hydroxyl groups is 1. The second-order valence-electron chi connectivity index (χ2n) is 4.02. The summed E-state index contributed by atoms with van der Waals surface area (Å²) in [5.74, 6) is -1.56. The van der Waals surface area contributed by atoms with Crippen molar-refractivity contribution in [2.24, 2.45) is 0 Å². The number of rotatable bonds is 4. The molecule has 0 radical (unpaired) electrons. The maximum Gasteiger partial charge on any atom is 0.335 e. The summed E-state index contributed by atoms with van der Waals surface area (Å²) in [4.78, 5) is 22.7.